The highest BCUT2D eigenvalue weighted by molar-refractivity contribution is 6.32. The van der Waals surface area contributed by atoms with E-state index in [1.165, 1.54) is 6.07 Å². The van der Waals surface area contributed by atoms with E-state index in [1.807, 2.05) is 0 Å². The molecule has 0 unspecified atom stereocenters. The zero-order chi connectivity index (χ0) is 15.7. The van der Waals surface area contributed by atoms with E-state index in [2.05, 4.69) is 4.74 Å². The summed E-state index contributed by atoms with van der Waals surface area (Å²) >= 11 is 5.81. The number of rotatable bonds is 4. The van der Waals surface area contributed by atoms with Crippen LogP contribution in [-0.2, 0) is 16.4 Å². The molecule has 0 fully saturated rings. The molecule has 0 aromatic heterocycles. The SMILES string of the molecule is COc1c(Cl)cc(C(C)(C)CC(=O)O)cc1C(F)(F)F. The van der Waals surface area contributed by atoms with Gasteiger partial charge in [0, 0.05) is 5.41 Å². The fraction of sp³-hybridized carbons (Fsp3) is 0.462. The lowest BCUT2D eigenvalue weighted by molar-refractivity contribution is -0.139. The number of ether oxygens (including phenoxy) is 1. The Bertz CT molecular complexity index is 524. The van der Waals surface area contributed by atoms with E-state index in [0.29, 0.717) is 0 Å². The molecule has 20 heavy (non-hydrogen) atoms. The van der Waals surface area contributed by atoms with Gasteiger partial charge in [0.15, 0.2) is 0 Å². The van der Waals surface area contributed by atoms with Crippen LogP contribution in [0.15, 0.2) is 12.1 Å². The first-order valence-corrected chi connectivity index (χ1v) is 6.04. The van der Waals surface area contributed by atoms with Crippen LogP contribution in [0, 0.1) is 0 Å². The van der Waals surface area contributed by atoms with Crippen molar-refractivity contribution < 1.29 is 27.8 Å². The third-order valence-electron chi connectivity index (χ3n) is 2.93. The molecule has 0 atom stereocenters. The quantitative estimate of drug-likeness (QED) is 0.910. The fourth-order valence-electron chi connectivity index (χ4n) is 1.88. The van der Waals surface area contributed by atoms with E-state index in [1.54, 1.807) is 13.8 Å². The van der Waals surface area contributed by atoms with Gasteiger partial charge in [0.1, 0.15) is 5.75 Å². The first-order chi connectivity index (χ1) is 8.99. The summed E-state index contributed by atoms with van der Waals surface area (Å²) in [5.41, 5.74) is -1.80. The summed E-state index contributed by atoms with van der Waals surface area (Å²) < 4.78 is 43.7. The van der Waals surface area contributed by atoms with Crippen LogP contribution in [0.4, 0.5) is 13.2 Å². The second-order valence-electron chi connectivity index (χ2n) is 4.99. The summed E-state index contributed by atoms with van der Waals surface area (Å²) in [7, 11) is 1.10. The Morgan fingerprint density at radius 3 is 2.30 bits per heavy atom. The Labute approximate surface area is 119 Å². The van der Waals surface area contributed by atoms with E-state index in [4.69, 9.17) is 16.7 Å². The number of aliphatic carboxylic acids is 1. The maximum atomic E-state index is 13.0. The minimum absolute atomic E-state index is 0.193. The lowest BCUT2D eigenvalue weighted by atomic mass is 9.81. The molecule has 1 aromatic rings. The van der Waals surface area contributed by atoms with Gasteiger partial charge in [0.25, 0.3) is 0 Å². The van der Waals surface area contributed by atoms with Gasteiger partial charge in [-0.15, -0.1) is 0 Å². The van der Waals surface area contributed by atoms with Gasteiger partial charge >= 0.3 is 12.1 Å². The third kappa shape index (κ3) is 3.56. The van der Waals surface area contributed by atoms with E-state index < -0.39 is 28.9 Å². The molecular formula is C13H14ClF3O3. The Morgan fingerprint density at radius 1 is 1.35 bits per heavy atom. The molecule has 0 bridgehead atoms. The predicted molar refractivity (Wildman–Crippen MR) is 68.3 cm³/mol. The summed E-state index contributed by atoms with van der Waals surface area (Å²) in [5, 5.41) is 8.63. The van der Waals surface area contributed by atoms with Crippen LogP contribution < -0.4 is 4.74 Å². The number of hydrogen-bond acceptors (Lipinski definition) is 2. The van der Waals surface area contributed by atoms with Crippen molar-refractivity contribution in [2.45, 2.75) is 31.9 Å². The molecule has 0 saturated carbocycles. The van der Waals surface area contributed by atoms with Crippen molar-refractivity contribution >= 4 is 17.6 Å². The molecule has 112 valence electrons. The molecule has 0 spiro atoms. The Kier molecular flexibility index (Phi) is 4.59. The van der Waals surface area contributed by atoms with E-state index in [0.717, 1.165) is 13.2 Å². The van der Waals surface area contributed by atoms with Crippen LogP contribution in [0.25, 0.3) is 0 Å². The third-order valence-corrected chi connectivity index (χ3v) is 3.21. The number of benzene rings is 1. The highest BCUT2D eigenvalue weighted by Crippen LogP contribution is 2.43. The summed E-state index contributed by atoms with van der Waals surface area (Å²) in [4.78, 5) is 10.8. The average Bonchev–Trinajstić information content (AvgIpc) is 2.24. The van der Waals surface area contributed by atoms with Crippen LogP contribution in [0.3, 0.4) is 0 Å². The number of carboxylic acids is 1. The van der Waals surface area contributed by atoms with Crippen LogP contribution >= 0.6 is 11.6 Å². The van der Waals surface area contributed by atoms with Crippen molar-refractivity contribution in [3.05, 3.63) is 28.3 Å². The van der Waals surface area contributed by atoms with Gasteiger partial charge in [-0.1, -0.05) is 25.4 Å². The second kappa shape index (κ2) is 5.52. The molecule has 1 rings (SSSR count). The minimum Gasteiger partial charge on any atom is -0.495 e. The van der Waals surface area contributed by atoms with Gasteiger partial charge in [-0.2, -0.15) is 13.2 Å². The summed E-state index contributed by atoms with van der Waals surface area (Å²) in [6, 6.07) is 2.19. The molecule has 0 heterocycles. The highest BCUT2D eigenvalue weighted by Gasteiger charge is 2.37. The van der Waals surface area contributed by atoms with Crippen molar-refractivity contribution in [1.82, 2.24) is 0 Å². The zero-order valence-corrected chi connectivity index (χ0v) is 11.9. The average molecular weight is 311 g/mol. The minimum atomic E-state index is -4.63. The van der Waals surface area contributed by atoms with Crippen LogP contribution in [0.2, 0.25) is 5.02 Å². The number of alkyl halides is 3. The molecular weight excluding hydrogens is 297 g/mol. The molecule has 0 aliphatic rings. The van der Waals surface area contributed by atoms with Crippen molar-refractivity contribution in [1.29, 1.82) is 0 Å². The van der Waals surface area contributed by atoms with Gasteiger partial charge < -0.3 is 9.84 Å². The lowest BCUT2D eigenvalue weighted by Crippen LogP contribution is -2.22. The Balaban J connectivity index is 3.45. The number of carbonyl (C=O) groups is 1. The Morgan fingerprint density at radius 2 is 1.90 bits per heavy atom. The smallest absolute Gasteiger partial charge is 0.420 e. The molecule has 0 amide bonds. The van der Waals surface area contributed by atoms with Crippen LogP contribution in [-0.4, -0.2) is 18.2 Å². The van der Waals surface area contributed by atoms with E-state index in [-0.39, 0.29) is 17.0 Å². The van der Waals surface area contributed by atoms with Crippen molar-refractivity contribution in [3.63, 3.8) is 0 Å². The lowest BCUT2D eigenvalue weighted by Gasteiger charge is -2.25. The molecule has 0 aliphatic carbocycles. The van der Waals surface area contributed by atoms with Gasteiger partial charge in [-0.3, -0.25) is 4.79 Å². The molecule has 1 aromatic carbocycles. The van der Waals surface area contributed by atoms with Crippen LogP contribution in [0.1, 0.15) is 31.4 Å². The standard InChI is InChI=1S/C13H14ClF3O3/c1-12(2,6-10(18)19)7-4-8(13(15,16)17)11(20-3)9(14)5-7/h4-5H,6H2,1-3H3,(H,18,19). The van der Waals surface area contributed by atoms with E-state index >= 15 is 0 Å². The fourth-order valence-corrected chi connectivity index (χ4v) is 2.18. The maximum absolute atomic E-state index is 13.0. The largest absolute Gasteiger partial charge is 0.495 e. The summed E-state index contributed by atoms with van der Waals surface area (Å²) in [6.07, 6.45) is -4.95. The number of carboxylic acid groups (broad SMARTS) is 1. The molecule has 0 saturated heterocycles. The molecule has 3 nitrogen and oxygen atoms in total. The van der Waals surface area contributed by atoms with Crippen molar-refractivity contribution in [2.24, 2.45) is 0 Å². The predicted octanol–water partition coefficient (Wildman–Crippen LogP) is 4.12. The highest BCUT2D eigenvalue weighted by atomic mass is 35.5. The van der Waals surface area contributed by atoms with Gasteiger partial charge in [-0.05, 0) is 17.7 Å². The first-order valence-electron chi connectivity index (χ1n) is 5.66. The van der Waals surface area contributed by atoms with Gasteiger partial charge in [0.2, 0.25) is 0 Å². The van der Waals surface area contributed by atoms with Crippen molar-refractivity contribution in [3.8, 4) is 5.75 Å². The molecule has 0 aliphatic heterocycles. The summed E-state index contributed by atoms with van der Waals surface area (Å²) in [5.74, 6) is -1.57. The number of methoxy groups -OCH3 is 1. The number of hydrogen-bond donors (Lipinski definition) is 1. The zero-order valence-electron chi connectivity index (χ0n) is 11.1. The van der Waals surface area contributed by atoms with Gasteiger partial charge in [-0.25, -0.2) is 0 Å². The van der Waals surface area contributed by atoms with E-state index in [9.17, 15) is 18.0 Å². The molecule has 7 heteroatoms. The van der Waals surface area contributed by atoms with Crippen LogP contribution in [0.5, 0.6) is 5.75 Å². The number of halogens is 4. The van der Waals surface area contributed by atoms with Crippen molar-refractivity contribution in [2.75, 3.05) is 7.11 Å². The maximum Gasteiger partial charge on any atom is 0.420 e. The summed E-state index contributed by atoms with van der Waals surface area (Å²) in [6.45, 7) is 3.08. The monoisotopic (exact) mass is 310 g/mol. The van der Waals surface area contributed by atoms with Gasteiger partial charge in [0.05, 0.1) is 24.1 Å². The second-order valence-corrected chi connectivity index (χ2v) is 5.40. The molecule has 1 N–H and O–H groups in total. The first kappa shape index (κ1) is 16.6. The molecule has 0 radical (unpaired) electrons. The topological polar surface area (TPSA) is 46.5 Å². The Hall–Kier alpha value is -1.43. The normalized spacial score (nSPS) is 12.3.